The summed E-state index contributed by atoms with van der Waals surface area (Å²) in [5.41, 5.74) is 2.90. The van der Waals surface area contributed by atoms with Gasteiger partial charge in [0.1, 0.15) is 6.04 Å². The van der Waals surface area contributed by atoms with Crippen molar-refractivity contribution < 1.29 is 14.4 Å². The normalized spacial score (nSPS) is 19.7. The summed E-state index contributed by atoms with van der Waals surface area (Å²) in [4.78, 5) is 42.4. The Kier molecular flexibility index (Phi) is 5.48. The molecule has 0 bridgehead atoms. The molecular formula is C24H21N3O3S2. The molecule has 1 fully saturated rings. The fraction of sp³-hybridized carbons (Fsp3) is 0.208. The third-order valence-electron chi connectivity index (χ3n) is 5.92. The van der Waals surface area contributed by atoms with E-state index in [4.69, 9.17) is 0 Å². The average molecular weight is 464 g/mol. The molecule has 0 radical (unpaired) electrons. The predicted molar refractivity (Wildman–Crippen MR) is 127 cm³/mol. The van der Waals surface area contributed by atoms with Gasteiger partial charge in [-0.15, -0.1) is 23.1 Å². The molecule has 6 nitrogen and oxygen atoms in total. The fourth-order valence-electron chi connectivity index (χ4n) is 4.30. The van der Waals surface area contributed by atoms with E-state index in [0.717, 1.165) is 11.1 Å². The van der Waals surface area contributed by atoms with Crippen molar-refractivity contribution >= 4 is 46.5 Å². The zero-order chi connectivity index (χ0) is 22.2. The number of carbonyl (C=O) groups excluding carboxylic acids is 3. The Morgan fingerprint density at radius 1 is 1.12 bits per heavy atom. The first kappa shape index (κ1) is 20.8. The number of rotatable bonds is 4. The van der Waals surface area contributed by atoms with Crippen LogP contribution in [0.3, 0.4) is 0 Å². The molecule has 3 aromatic rings. The lowest BCUT2D eigenvalue weighted by molar-refractivity contribution is -0.120. The summed E-state index contributed by atoms with van der Waals surface area (Å²) in [5.74, 6) is -0.688. The van der Waals surface area contributed by atoms with Crippen molar-refractivity contribution in [3.63, 3.8) is 0 Å². The van der Waals surface area contributed by atoms with Crippen LogP contribution >= 0.6 is 23.1 Å². The van der Waals surface area contributed by atoms with Gasteiger partial charge in [-0.3, -0.25) is 14.4 Å². The summed E-state index contributed by atoms with van der Waals surface area (Å²) in [5, 5.41) is 7.69. The van der Waals surface area contributed by atoms with E-state index in [1.165, 1.54) is 16.2 Å². The average Bonchev–Trinajstić information content (AvgIpc) is 3.47. The van der Waals surface area contributed by atoms with E-state index in [9.17, 15) is 14.4 Å². The van der Waals surface area contributed by atoms with Gasteiger partial charge in [0, 0.05) is 11.4 Å². The van der Waals surface area contributed by atoms with Gasteiger partial charge in [-0.1, -0.05) is 24.3 Å². The van der Waals surface area contributed by atoms with E-state index >= 15 is 0 Å². The molecule has 2 unspecified atom stereocenters. The molecule has 2 aliphatic heterocycles. The summed E-state index contributed by atoms with van der Waals surface area (Å²) in [6.45, 7) is 0.415. The maximum absolute atomic E-state index is 13.4. The van der Waals surface area contributed by atoms with Gasteiger partial charge < -0.3 is 15.5 Å². The Hall–Kier alpha value is -3.10. The smallest absolute Gasteiger partial charge is 0.261 e. The molecule has 2 N–H and O–H groups in total. The van der Waals surface area contributed by atoms with Crippen LogP contribution in [0.15, 0.2) is 64.9 Å². The van der Waals surface area contributed by atoms with Crippen molar-refractivity contribution in [2.24, 2.45) is 0 Å². The molecule has 0 aliphatic carbocycles. The third-order valence-corrected chi connectivity index (χ3v) is 7.53. The molecule has 1 aromatic heterocycles. The van der Waals surface area contributed by atoms with Gasteiger partial charge in [-0.25, -0.2) is 0 Å². The Morgan fingerprint density at radius 3 is 2.62 bits per heavy atom. The summed E-state index contributed by atoms with van der Waals surface area (Å²) in [6, 6.07) is 16.1. The van der Waals surface area contributed by atoms with E-state index in [2.05, 4.69) is 10.6 Å². The topological polar surface area (TPSA) is 78.5 Å². The first-order chi connectivity index (χ1) is 15.5. The monoisotopic (exact) mass is 463 g/mol. The second-order valence-corrected chi connectivity index (χ2v) is 9.59. The Balaban J connectivity index is 1.42. The van der Waals surface area contributed by atoms with Crippen LogP contribution in [0.2, 0.25) is 0 Å². The van der Waals surface area contributed by atoms with Crippen LogP contribution in [0.4, 0.5) is 5.69 Å². The number of nitrogens with zero attached hydrogens (tertiary/aromatic N) is 1. The SMILES string of the molecule is CSc1ccc(-c2ccc3c(c2)C(=O)N2CCC(NC(=O)c4cccs4)C2C(=O)N3)cc1. The molecule has 32 heavy (non-hydrogen) atoms. The van der Waals surface area contributed by atoms with Crippen molar-refractivity contribution in [2.45, 2.75) is 23.4 Å². The minimum atomic E-state index is -0.733. The van der Waals surface area contributed by atoms with E-state index in [1.807, 2.05) is 54.1 Å². The molecule has 2 aromatic carbocycles. The number of benzene rings is 2. The van der Waals surface area contributed by atoms with E-state index in [1.54, 1.807) is 28.8 Å². The highest BCUT2D eigenvalue weighted by atomic mass is 32.2. The lowest BCUT2D eigenvalue weighted by Crippen LogP contribution is -2.51. The zero-order valence-electron chi connectivity index (χ0n) is 17.3. The molecule has 5 rings (SSSR count). The third kappa shape index (κ3) is 3.69. The number of hydrogen-bond donors (Lipinski definition) is 2. The molecule has 0 saturated carbocycles. The first-order valence-corrected chi connectivity index (χ1v) is 12.4. The maximum atomic E-state index is 13.4. The van der Waals surface area contributed by atoms with Crippen molar-refractivity contribution in [3.05, 3.63) is 70.4 Å². The number of thiophene rings is 1. The van der Waals surface area contributed by atoms with Crippen LogP contribution in [0, 0.1) is 0 Å². The van der Waals surface area contributed by atoms with Crippen molar-refractivity contribution in [2.75, 3.05) is 18.1 Å². The van der Waals surface area contributed by atoms with Gasteiger partial charge >= 0.3 is 0 Å². The number of hydrogen-bond acceptors (Lipinski definition) is 5. The minimum absolute atomic E-state index is 0.196. The lowest BCUT2D eigenvalue weighted by atomic mass is 10.0. The highest BCUT2D eigenvalue weighted by Crippen LogP contribution is 2.33. The first-order valence-electron chi connectivity index (χ1n) is 10.3. The summed E-state index contributed by atoms with van der Waals surface area (Å²) >= 11 is 3.02. The number of fused-ring (bicyclic) bond motifs is 2. The number of amides is 3. The fourth-order valence-corrected chi connectivity index (χ4v) is 5.33. The molecule has 2 aliphatic rings. The number of thioether (sulfide) groups is 1. The molecule has 3 amide bonds. The lowest BCUT2D eigenvalue weighted by Gasteiger charge is -2.24. The van der Waals surface area contributed by atoms with Gasteiger partial charge in [0.2, 0.25) is 5.91 Å². The molecule has 2 atom stereocenters. The standard InChI is InChI=1S/C24H21N3O3S2/c1-31-16-7-4-14(5-8-16)15-6-9-18-17(13-15)24(30)27-11-10-19(21(27)23(29)25-18)26-22(28)20-3-2-12-32-20/h2-9,12-13,19,21H,10-11H2,1H3,(H,25,29)(H,26,28). The largest absolute Gasteiger partial charge is 0.346 e. The van der Waals surface area contributed by atoms with Gasteiger partial charge in [-0.2, -0.15) is 0 Å². The Labute approximate surface area is 194 Å². The number of nitrogens with one attached hydrogen (secondary N) is 2. The highest BCUT2D eigenvalue weighted by Gasteiger charge is 2.45. The van der Waals surface area contributed by atoms with Crippen LogP contribution in [0.5, 0.6) is 0 Å². The van der Waals surface area contributed by atoms with Gasteiger partial charge in [0.15, 0.2) is 0 Å². The molecular weight excluding hydrogens is 442 g/mol. The summed E-state index contributed by atoms with van der Waals surface area (Å²) in [6.07, 6.45) is 2.56. The van der Waals surface area contributed by atoms with Crippen molar-refractivity contribution in [3.8, 4) is 11.1 Å². The van der Waals surface area contributed by atoms with Gasteiger partial charge in [0.05, 0.1) is 22.2 Å². The van der Waals surface area contributed by atoms with Crippen LogP contribution in [-0.4, -0.2) is 47.5 Å². The van der Waals surface area contributed by atoms with Crippen LogP contribution in [0.25, 0.3) is 11.1 Å². The molecule has 0 spiro atoms. The Bertz CT molecular complexity index is 1190. The van der Waals surface area contributed by atoms with Crippen LogP contribution in [-0.2, 0) is 4.79 Å². The quantitative estimate of drug-likeness (QED) is 0.571. The highest BCUT2D eigenvalue weighted by molar-refractivity contribution is 7.98. The Morgan fingerprint density at radius 2 is 1.91 bits per heavy atom. The van der Waals surface area contributed by atoms with Crippen molar-refractivity contribution in [1.29, 1.82) is 0 Å². The molecule has 162 valence electrons. The van der Waals surface area contributed by atoms with E-state index < -0.39 is 12.1 Å². The summed E-state index contributed by atoms with van der Waals surface area (Å²) < 4.78 is 0. The summed E-state index contributed by atoms with van der Waals surface area (Å²) in [7, 11) is 0. The van der Waals surface area contributed by atoms with Gasteiger partial charge in [-0.05, 0) is 59.5 Å². The van der Waals surface area contributed by atoms with Crippen molar-refractivity contribution in [1.82, 2.24) is 10.2 Å². The van der Waals surface area contributed by atoms with Crippen LogP contribution in [0.1, 0.15) is 26.5 Å². The number of anilines is 1. The zero-order valence-corrected chi connectivity index (χ0v) is 19.0. The van der Waals surface area contributed by atoms with E-state index in [-0.39, 0.29) is 17.7 Å². The minimum Gasteiger partial charge on any atom is -0.346 e. The van der Waals surface area contributed by atoms with Crippen LogP contribution < -0.4 is 10.6 Å². The molecule has 1 saturated heterocycles. The second kappa shape index (κ2) is 8.44. The van der Waals surface area contributed by atoms with E-state index in [0.29, 0.717) is 29.1 Å². The predicted octanol–water partition coefficient (Wildman–Crippen LogP) is 4.10. The van der Waals surface area contributed by atoms with Gasteiger partial charge in [0.25, 0.3) is 11.8 Å². The molecule has 3 heterocycles. The maximum Gasteiger partial charge on any atom is 0.261 e. The number of carbonyl (C=O) groups is 3. The molecule has 8 heteroatoms. The second-order valence-electron chi connectivity index (χ2n) is 7.77.